The second kappa shape index (κ2) is 13.1. The molecule has 0 saturated carbocycles. The van der Waals surface area contributed by atoms with Crippen LogP contribution in [0.3, 0.4) is 0 Å². The first-order valence-corrected chi connectivity index (χ1v) is 9.57. The van der Waals surface area contributed by atoms with E-state index in [4.69, 9.17) is 4.74 Å². The third-order valence-electron chi connectivity index (χ3n) is 4.67. The van der Waals surface area contributed by atoms with Crippen molar-refractivity contribution in [2.24, 2.45) is 0 Å². The van der Waals surface area contributed by atoms with Gasteiger partial charge in [-0.3, -0.25) is 4.79 Å². The number of ether oxygens (including phenoxy) is 1. The molecule has 1 aromatic rings. The molecule has 138 valence electrons. The number of quaternary nitrogens is 1. The molecule has 1 atom stereocenters. The van der Waals surface area contributed by atoms with E-state index in [0.717, 1.165) is 36.2 Å². The Hall–Kier alpha value is -0.180. The Morgan fingerprint density at radius 1 is 1.17 bits per heavy atom. The molecule has 0 aliphatic rings. The van der Waals surface area contributed by atoms with E-state index >= 15 is 0 Å². The molecule has 0 aromatic heterocycles. The minimum absolute atomic E-state index is 0. The van der Waals surface area contributed by atoms with Crippen LogP contribution >= 0.6 is 15.9 Å². The monoisotopic (exact) mass is 512 g/mol. The SMILES string of the molecule is CC[N+](CC)(CC)CCOC(CNC(=O)CBr)c1ccccc1.[I-]. The molecule has 0 fully saturated rings. The molecule has 0 spiro atoms. The number of likely N-dealkylation sites (N-methyl/N-ethyl adjacent to an activating group) is 1. The normalized spacial score (nSPS) is 12.3. The van der Waals surface area contributed by atoms with E-state index in [2.05, 4.69) is 42.0 Å². The number of nitrogens with one attached hydrogen (secondary N) is 1. The standard InChI is InChI=1S/C18H29BrN2O2.HI/c1-4-21(5-2,6-3)12-13-23-17(15-20-18(22)14-19)16-10-8-7-9-11-16;/h7-11,17H,4-6,12-15H2,1-3H3;1H. The maximum Gasteiger partial charge on any atom is 0.230 e. The van der Waals surface area contributed by atoms with E-state index < -0.39 is 0 Å². The van der Waals surface area contributed by atoms with Crippen LogP contribution in [0.4, 0.5) is 0 Å². The van der Waals surface area contributed by atoms with Gasteiger partial charge in [0, 0.05) is 6.54 Å². The Labute approximate surface area is 172 Å². The van der Waals surface area contributed by atoms with E-state index in [1.807, 2.05) is 30.3 Å². The topological polar surface area (TPSA) is 38.3 Å². The van der Waals surface area contributed by atoms with Crippen molar-refractivity contribution in [3.8, 4) is 0 Å². The minimum atomic E-state index is -0.105. The van der Waals surface area contributed by atoms with Crippen molar-refractivity contribution < 1.29 is 38.0 Å². The van der Waals surface area contributed by atoms with Gasteiger partial charge in [-0.2, -0.15) is 0 Å². The van der Waals surface area contributed by atoms with E-state index in [1.54, 1.807) is 0 Å². The Balaban J connectivity index is 0.00000529. The average molecular weight is 513 g/mol. The molecule has 0 bridgehead atoms. The molecular weight excluding hydrogens is 483 g/mol. The lowest BCUT2D eigenvalue weighted by Crippen LogP contribution is -3.00. The number of carbonyl (C=O) groups excluding carboxylic acids is 1. The number of benzene rings is 1. The van der Waals surface area contributed by atoms with Crippen LogP contribution in [-0.2, 0) is 9.53 Å². The van der Waals surface area contributed by atoms with Crippen molar-refractivity contribution in [3.63, 3.8) is 0 Å². The lowest BCUT2D eigenvalue weighted by Gasteiger charge is -2.36. The molecule has 1 amide bonds. The minimum Gasteiger partial charge on any atom is -1.00 e. The molecule has 0 aliphatic carbocycles. The fraction of sp³-hybridized carbons (Fsp3) is 0.611. The van der Waals surface area contributed by atoms with Crippen LogP contribution in [0, 0.1) is 0 Å². The Kier molecular flexibility index (Phi) is 13.0. The van der Waals surface area contributed by atoms with E-state index in [1.165, 1.54) is 0 Å². The van der Waals surface area contributed by atoms with Gasteiger partial charge in [0.25, 0.3) is 0 Å². The Bertz CT molecular complexity index is 447. The molecule has 1 rings (SSSR count). The summed E-state index contributed by atoms with van der Waals surface area (Å²) in [6.07, 6.45) is -0.105. The van der Waals surface area contributed by atoms with Gasteiger partial charge in [-0.1, -0.05) is 46.3 Å². The lowest BCUT2D eigenvalue weighted by molar-refractivity contribution is -0.923. The summed E-state index contributed by atoms with van der Waals surface area (Å²) in [5, 5.41) is 3.22. The molecule has 1 N–H and O–H groups in total. The van der Waals surface area contributed by atoms with E-state index in [9.17, 15) is 4.79 Å². The zero-order valence-corrected chi connectivity index (χ0v) is 18.7. The molecule has 0 heterocycles. The maximum atomic E-state index is 11.5. The quantitative estimate of drug-likeness (QED) is 0.260. The Morgan fingerprint density at radius 2 is 1.75 bits per heavy atom. The largest absolute Gasteiger partial charge is 1.00 e. The number of hydrogen-bond acceptors (Lipinski definition) is 2. The summed E-state index contributed by atoms with van der Waals surface area (Å²) in [6.45, 7) is 12.2. The summed E-state index contributed by atoms with van der Waals surface area (Å²) in [5.74, 6) is -0.0182. The van der Waals surface area contributed by atoms with Crippen molar-refractivity contribution in [2.75, 3.05) is 44.7 Å². The van der Waals surface area contributed by atoms with Crippen LogP contribution < -0.4 is 29.3 Å². The van der Waals surface area contributed by atoms with Gasteiger partial charge in [-0.15, -0.1) is 0 Å². The first-order chi connectivity index (χ1) is 11.1. The molecule has 4 nitrogen and oxygen atoms in total. The van der Waals surface area contributed by atoms with Gasteiger partial charge >= 0.3 is 0 Å². The highest BCUT2D eigenvalue weighted by molar-refractivity contribution is 9.09. The van der Waals surface area contributed by atoms with E-state index in [0.29, 0.717) is 18.5 Å². The fourth-order valence-electron chi connectivity index (χ4n) is 2.73. The van der Waals surface area contributed by atoms with Gasteiger partial charge in [0.15, 0.2) is 0 Å². The van der Waals surface area contributed by atoms with Crippen molar-refractivity contribution in [1.82, 2.24) is 5.32 Å². The van der Waals surface area contributed by atoms with Crippen LogP contribution in [0.15, 0.2) is 30.3 Å². The number of rotatable bonds is 11. The summed E-state index contributed by atoms with van der Waals surface area (Å²) in [6, 6.07) is 10.1. The molecular formula is C18H30BrIN2O2. The Morgan fingerprint density at radius 3 is 2.25 bits per heavy atom. The second-order valence-corrected chi connectivity index (χ2v) is 6.28. The van der Waals surface area contributed by atoms with Gasteiger partial charge in [-0.25, -0.2) is 0 Å². The number of carbonyl (C=O) groups is 1. The molecule has 6 heteroatoms. The average Bonchev–Trinajstić information content (AvgIpc) is 2.62. The zero-order valence-electron chi connectivity index (χ0n) is 14.9. The van der Waals surface area contributed by atoms with Crippen LogP contribution in [0.5, 0.6) is 0 Å². The van der Waals surface area contributed by atoms with Crippen LogP contribution in [0.25, 0.3) is 0 Å². The van der Waals surface area contributed by atoms with Crippen LogP contribution in [-0.4, -0.2) is 55.1 Å². The molecule has 0 radical (unpaired) electrons. The van der Waals surface area contributed by atoms with Crippen molar-refractivity contribution in [1.29, 1.82) is 0 Å². The van der Waals surface area contributed by atoms with E-state index in [-0.39, 0.29) is 36.0 Å². The maximum absolute atomic E-state index is 11.5. The molecule has 1 aromatic carbocycles. The molecule has 0 saturated heterocycles. The van der Waals surface area contributed by atoms with Crippen LogP contribution in [0.2, 0.25) is 0 Å². The summed E-state index contributed by atoms with van der Waals surface area (Å²) in [5.41, 5.74) is 1.10. The first-order valence-electron chi connectivity index (χ1n) is 8.45. The summed E-state index contributed by atoms with van der Waals surface area (Å²) in [4.78, 5) is 11.5. The summed E-state index contributed by atoms with van der Waals surface area (Å²) < 4.78 is 7.20. The zero-order chi connectivity index (χ0) is 17.1. The van der Waals surface area contributed by atoms with Crippen molar-refractivity contribution in [3.05, 3.63) is 35.9 Å². The number of halogens is 2. The summed E-state index contributed by atoms with van der Waals surface area (Å²) in [7, 11) is 0. The van der Waals surface area contributed by atoms with Crippen molar-refractivity contribution in [2.45, 2.75) is 26.9 Å². The fourth-order valence-corrected chi connectivity index (χ4v) is 2.93. The van der Waals surface area contributed by atoms with Gasteiger partial charge in [0.1, 0.15) is 12.6 Å². The highest BCUT2D eigenvalue weighted by Gasteiger charge is 2.21. The number of alkyl halides is 1. The smallest absolute Gasteiger partial charge is 0.230 e. The molecule has 1 unspecified atom stereocenters. The van der Waals surface area contributed by atoms with Gasteiger partial charge in [-0.05, 0) is 26.3 Å². The number of hydrogen-bond donors (Lipinski definition) is 1. The predicted molar refractivity (Wildman–Crippen MR) is 98.7 cm³/mol. The molecule has 0 aliphatic heterocycles. The highest BCUT2D eigenvalue weighted by atomic mass is 127. The number of nitrogens with zero attached hydrogens (tertiary/aromatic N) is 1. The van der Waals surface area contributed by atoms with Crippen molar-refractivity contribution >= 4 is 21.8 Å². The third-order valence-corrected chi connectivity index (χ3v) is 5.18. The number of amides is 1. The third kappa shape index (κ3) is 7.80. The first kappa shape index (κ1) is 23.8. The summed E-state index contributed by atoms with van der Waals surface area (Å²) >= 11 is 3.17. The van der Waals surface area contributed by atoms with Gasteiger partial charge in [0.05, 0.1) is 31.6 Å². The van der Waals surface area contributed by atoms with Gasteiger partial charge < -0.3 is 38.5 Å². The second-order valence-electron chi connectivity index (χ2n) is 5.72. The lowest BCUT2D eigenvalue weighted by atomic mass is 10.1. The highest BCUT2D eigenvalue weighted by Crippen LogP contribution is 2.17. The molecule has 24 heavy (non-hydrogen) atoms. The van der Waals surface area contributed by atoms with Crippen LogP contribution in [0.1, 0.15) is 32.4 Å². The van der Waals surface area contributed by atoms with Gasteiger partial charge in [0.2, 0.25) is 5.91 Å². The predicted octanol–water partition coefficient (Wildman–Crippen LogP) is 0.136.